The number of hydrogen-bond acceptors (Lipinski definition) is 2. The number of likely N-dealkylation sites (N-methyl/N-ethyl adjacent to an activating group) is 1. The fraction of sp³-hybridized carbons (Fsp3) is 0.562. The SMILES string of the molecule is CCNCCNC(=O)CC(c1ccccc1)C(C)C. The van der Waals surface area contributed by atoms with Gasteiger partial charge in [0.05, 0.1) is 0 Å². The fourth-order valence-electron chi connectivity index (χ4n) is 2.18. The molecule has 19 heavy (non-hydrogen) atoms. The van der Waals surface area contributed by atoms with Crippen LogP contribution in [0.15, 0.2) is 30.3 Å². The standard InChI is InChI=1S/C16H26N2O/c1-4-17-10-11-18-16(19)12-15(13(2)3)14-8-6-5-7-9-14/h5-9,13,15,17H,4,10-12H2,1-3H3,(H,18,19). The van der Waals surface area contributed by atoms with Gasteiger partial charge in [-0.25, -0.2) is 0 Å². The molecule has 0 heterocycles. The topological polar surface area (TPSA) is 41.1 Å². The van der Waals surface area contributed by atoms with Crippen molar-refractivity contribution in [2.24, 2.45) is 5.92 Å². The van der Waals surface area contributed by atoms with Crippen LogP contribution in [0.2, 0.25) is 0 Å². The number of amides is 1. The highest BCUT2D eigenvalue weighted by Gasteiger charge is 2.18. The molecule has 3 nitrogen and oxygen atoms in total. The van der Waals surface area contributed by atoms with E-state index in [1.165, 1.54) is 5.56 Å². The second-order valence-electron chi connectivity index (χ2n) is 5.17. The van der Waals surface area contributed by atoms with Gasteiger partial charge in [-0.05, 0) is 23.9 Å². The third-order valence-electron chi connectivity index (χ3n) is 3.31. The number of carbonyl (C=O) groups excluding carboxylic acids is 1. The van der Waals surface area contributed by atoms with Gasteiger partial charge < -0.3 is 10.6 Å². The summed E-state index contributed by atoms with van der Waals surface area (Å²) < 4.78 is 0. The minimum Gasteiger partial charge on any atom is -0.355 e. The van der Waals surface area contributed by atoms with Crippen LogP contribution in [0.1, 0.15) is 38.7 Å². The van der Waals surface area contributed by atoms with Gasteiger partial charge in [0.2, 0.25) is 5.91 Å². The molecular weight excluding hydrogens is 236 g/mol. The zero-order valence-corrected chi connectivity index (χ0v) is 12.3. The maximum absolute atomic E-state index is 12.0. The summed E-state index contributed by atoms with van der Waals surface area (Å²) in [6.07, 6.45) is 0.563. The van der Waals surface area contributed by atoms with Crippen LogP contribution in [-0.4, -0.2) is 25.5 Å². The molecule has 2 N–H and O–H groups in total. The largest absolute Gasteiger partial charge is 0.355 e. The second-order valence-corrected chi connectivity index (χ2v) is 5.17. The summed E-state index contributed by atoms with van der Waals surface area (Å²) in [6, 6.07) is 10.3. The van der Waals surface area contributed by atoms with Crippen LogP contribution in [0.3, 0.4) is 0 Å². The molecular formula is C16H26N2O. The van der Waals surface area contributed by atoms with E-state index in [4.69, 9.17) is 0 Å². The average Bonchev–Trinajstić information content (AvgIpc) is 2.41. The molecule has 106 valence electrons. The van der Waals surface area contributed by atoms with E-state index in [-0.39, 0.29) is 5.91 Å². The monoisotopic (exact) mass is 262 g/mol. The first-order chi connectivity index (χ1) is 9.15. The fourth-order valence-corrected chi connectivity index (χ4v) is 2.18. The molecule has 0 bridgehead atoms. The van der Waals surface area contributed by atoms with E-state index in [2.05, 4.69) is 43.5 Å². The van der Waals surface area contributed by atoms with Crippen molar-refractivity contribution in [2.75, 3.05) is 19.6 Å². The van der Waals surface area contributed by atoms with Crippen molar-refractivity contribution in [2.45, 2.75) is 33.1 Å². The molecule has 1 amide bonds. The Hall–Kier alpha value is -1.35. The molecule has 3 heteroatoms. The Morgan fingerprint density at radius 1 is 1.16 bits per heavy atom. The third-order valence-corrected chi connectivity index (χ3v) is 3.31. The van der Waals surface area contributed by atoms with Gasteiger partial charge in [0.25, 0.3) is 0 Å². The van der Waals surface area contributed by atoms with Crippen molar-refractivity contribution < 1.29 is 4.79 Å². The maximum Gasteiger partial charge on any atom is 0.220 e. The maximum atomic E-state index is 12.0. The zero-order chi connectivity index (χ0) is 14.1. The van der Waals surface area contributed by atoms with Crippen LogP contribution < -0.4 is 10.6 Å². The first-order valence-corrected chi connectivity index (χ1v) is 7.17. The highest BCUT2D eigenvalue weighted by molar-refractivity contribution is 5.76. The van der Waals surface area contributed by atoms with Crippen molar-refractivity contribution in [1.82, 2.24) is 10.6 Å². The van der Waals surface area contributed by atoms with Gasteiger partial charge in [0.15, 0.2) is 0 Å². The third kappa shape index (κ3) is 5.88. The predicted molar refractivity (Wildman–Crippen MR) is 80.2 cm³/mol. The van der Waals surface area contributed by atoms with E-state index in [9.17, 15) is 4.79 Å². The normalized spacial score (nSPS) is 12.4. The molecule has 0 spiro atoms. The molecule has 0 aromatic heterocycles. The van der Waals surface area contributed by atoms with Crippen molar-refractivity contribution >= 4 is 5.91 Å². The van der Waals surface area contributed by atoms with Crippen LogP contribution in [0.25, 0.3) is 0 Å². The van der Waals surface area contributed by atoms with Crippen molar-refractivity contribution in [3.8, 4) is 0 Å². The minimum atomic E-state index is 0.139. The lowest BCUT2D eigenvalue weighted by Gasteiger charge is -2.21. The van der Waals surface area contributed by atoms with E-state index in [0.717, 1.165) is 13.1 Å². The van der Waals surface area contributed by atoms with Gasteiger partial charge >= 0.3 is 0 Å². The molecule has 0 saturated carbocycles. The molecule has 0 aliphatic carbocycles. The van der Waals surface area contributed by atoms with Crippen LogP contribution in [0, 0.1) is 5.92 Å². The number of hydrogen-bond donors (Lipinski definition) is 2. The molecule has 1 atom stereocenters. The van der Waals surface area contributed by atoms with E-state index in [0.29, 0.717) is 24.8 Å². The first kappa shape index (κ1) is 15.7. The molecule has 1 aromatic carbocycles. The Morgan fingerprint density at radius 2 is 1.84 bits per heavy atom. The van der Waals surface area contributed by atoms with Crippen LogP contribution in [0.5, 0.6) is 0 Å². The molecule has 0 fully saturated rings. The Morgan fingerprint density at radius 3 is 2.42 bits per heavy atom. The summed E-state index contributed by atoms with van der Waals surface area (Å²) in [4.78, 5) is 12.0. The summed E-state index contributed by atoms with van der Waals surface area (Å²) in [5.41, 5.74) is 1.25. The summed E-state index contributed by atoms with van der Waals surface area (Å²) >= 11 is 0. The number of rotatable bonds is 8. The first-order valence-electron chi connectivity index (χ1n) is 7.17. The summed E-state index contributed by atoms with van der Waals surface area (Å²) in [6.45, 7) is 8.87. The van der Waals surface area contributed by atoms with Gasteiger partial charge in [0.1, 0.15) is 0 Å². The summed E-state index contributed by atoms with van der Waals surface area (Å²) in [5, 5.41) is 6.17. The highest BCUT2D eigenvalue weighted by Crippen LogP contribution is 2.27. The van der Waals surface area contributed by atoms with Crippen LogP contribution in [0.4, 0.5) is 0 Å². The van der Waals surface area contributed by atoms with Gasteiger partial charge in [-0.15, -0.1) is 0 Å². The van der Waals surface area contributed by atoms with Crippen molar-refractivity contribution in [1.29, 1.82) is 0 Å². The Bertz CT molecular complexity index is 362. The van der Waals surface area contributed by atoms with E-state index < -0.39 is 0 Å². The van der Waals surface area contributed by atoms with Gasteiger partial charge in [-0.3, -0.25) is 4.79 Å². The number of benzene rings is 1. The van der Waals surface area contributed by atoms with E-state index >= 15 is 0 Å². The Labute approximate surface area is 116 Å². The Balaban J connectivity index is 2.48. The Kier molecular flexibility index (Phi) is 7.19. The zero-order valence-electron chi connectivity index (χ0n) is 12.3. The van der Waals surface area contributed by atoms with Gasteiger partial charge in [-0.2, -0.15) is 0 Å². The van der Waals surface area contributed by atoms with Gasteiger partial charge in [0, 0.05) is 19.5 Å². The molecule has 1 rings (SSSR count). The molecule has 1 aromatic rings. The lowest BCUT2D eigenvalue weighted by molar-refractivity contribution is -0.121. The summed E-state index contributed by atoms with van der Waals surface area (Å²) in [7, 11) is 0. The molecule has 0 radical (unpaired) electrons. The number of carbonyl (C=O) groups is 1. The highest BCUT2D eigenvalue weighted by atomic mass is 16.1. The average molecular weight is 262 g/mol. The van der Waals surface area contributed by atoms with Crippen LogP contribution >= 0.6 is 0 Å². The second kappa shape index (κ2) is 8.70. The van der Waals surface area contributed by atoms with E-state index in [1.807, 2.05) is 18.2 Å². The quantitative estimate of drug-likeness (QED) is 0.707. The lowest BCUT2D eigenvalue weighted by Crippen LogP contribution is -2.33. The molecule has 0 aliphatic rings. The lowest BCUT2D eigenvalue weighted by atomic mass is 9.85. The van der Waals surface area contributed by atoms with Gasteiger partial charge in [-0.1, -0.05) is 51.1 Å². The number of nitrogens with one attached hydrogen (secondary N) is 2. The predicted octanol–water partition coefficient (Wildman–Crippen LogP) is 2.54. The van der Waals surface area contributed by atoms with E-state index in [1.54, 1.807) is 0 Å². The molecule has 0 saturated heterocycles. The summed E-state index contributed by atoms with van der Waals surface area (Å²) in [5.74, 6) is 0.891. The smallest absolute Gasteiger partial charge is 0.220 e. The molecule has 1 unspecified atom stereocenters. The molecule has 0 aliphatic heterocycles. The van der Waals surface area contributed by atoms with Crippen molar-refractivity contribution in [3.05, 3.63) is 35.9 Å². The van der Waals surface area contributed by atoms with Crippen molar-refractivity contribution in [3.63, 3.8) is 0 Å². The minimum absolute atomic E-state index is 0.139. The van der Waals surface area contributed by atoms with Crippen LogP contribution in [-0.2, 0) is 4.79 Å².